The summed E-state index contributed by atoms with van der Waals surface area (Å²) in [4.78, 5) is 24.8. The van der Waals surface area contributed by atoms with Crippen LogP contribution < -0.4 is 0 Å². The first kappa shape index (κ1) is 15.6. The number of carbonyl (C=O) groups excluding carboxylic acids is 1. The molecule has 2 heterocycles. The number of morpholine rings is 1. The van der Waals surface area contributed by atoms with E-state index in [0.717, 1.165) is 5.56 Å². The standard InChI is InChI=1S/C16H14ClNO5/c17-11-3-1-10(2-4-11)14-9-18(7-8-22-14)15(19)12-5-6-13(23-12)16(20)21/h1-6,14H,7-9H2,(H,20,21). The minimum atomic E-state index is -1.20. The number of furan rings is 1. The summed E-state index contributed by atoms with van der Waals surface area (Å²) in [5.41, 5.74) is 0.928. The average molecular weight is 336 g/mol. The van der Waals surface area contributed by atoms with Crippen molar-refractivity contribution in [3.05, 3.63) is 58.5 Å². The third-order valence-corrected chi connectivity index (χ3v) is 3.87. The smallest absolute Gasteiger partial charge is 0.371 e. The number of rotatable bonds is 3. The van der Waals surface area contributed by atoms with E-state index in [4.69, 9.17) is 25.9 Å². The number of hydrogen-bond acceptors (Lipinski definition) is 4. The molecule has 1 saturated heterocycles. The van der Waals surface area contributed by atoms with Gasteiger partial charge < -0.3 is 19.2 Å². The van der Waals surface area contributed by atoms with Crippen molar-refractivity contribution >= 4 is 23.5 Å². The summed E-state index contributed by atoms with van der Waals surface area (Å²) in [6.07, 6.45) is -0.251. The van der Waals surface area contributed by atoms with Gasteiger partial charge in [0.05, 0.1) is 13.2 Å². The van der Waals surface area contributed by atoms with Gasteiger partial charge in [0.2, 0.25) is 5.76 Å². The lowest BCUT2D eigenvalue weighted by molar-refractivity contribution is -0.0238. The van der Waals surface area contributed by atoms with Gasteiger partial charge in [0.15, 0.2) is 5.76 Å². The lowest BCUT2D eigenvalue weighted by atomic mass is 10.1. The fraction of sp³-hybridized carbons (Fsp3) is 0.250. The Morgan fingerprint density at radius 1 is 1.13 bits per heavy atom. The Bertz CT molecular complexity index is 724. The van der Waals surface area contributed by atoms with Gasteiger partial charge in [-0.25, -0.2) is 4.79 Å². The highest BCUT2D eigenvalue weighted by Gasteiger charge is 2.28. The second-order valence-electron chi connectivity index (χ2n) is 5.13. The maximum absolute atomic E-state index is 12.4. The number of carboxylic acid groups (broad SMARTS) is 1. The van der Waals surface area contributed by atoms with E-state index in [1.54, 1.807) is 17.0 Å². The molecule has 0 spiro atoms. The molecule has 2 aromatic rings. The van der Waals surface area contributed by atoms with E-state index in [1.807, 2.05) is 12.1 Å². The summed E-state index contributed by atoms with van der Waals surface area (Å²) < 4.78 is 10.8. The minimum absolute atomic E-state index is 0.0131. The van der Waals surface area contributed by atoms with Crippen molar-refractivity contribution < 1.29 is 23.8 Å². The average Bonchev–Trinajstić information content (AvgIpc) is 3.05. The molecule has 0 radical (unpaired) electrons. The predicted molar refractivity (Wildman–Crippen MR) is 81.7 cm³/mol. The van der Waals surface area contributed by atoms with E-state index in [-0.39, 0.29) is 23.5 Å². The largest absolute Gasteiger partial charge is 0.475 e. The second kappa shape index (κ2) is 6.44. The Hall–Kier alpha value is -2.31. The summed E-state index contributed by atoms with van der Waals surface area (Å²) in [7, 11) is 0. The summed E-state index contributed by atoms with van der Waals surface area (Å²) in [5.74, 6) is -1.79. The van der Waals surface area contributed by atoms with Crippen LogP contribution in [-0.4, -0.2) is 41.6 Å². The van der Waals surface area contributed by atoms with E-state index in [0.29, 0.717) is 24.7 Å². The van der Waals surface area contributed by atoms with Crippen molar-refractivity contribution in [1.29, 1.82) is 0 Å². The van der Waals surface area contributed by atoms with Gasteiger partial charge in [0, 0.05) is 11.6 Å². The Balaban J connectivity index is 1.73. The Morgan fingerprint density at radius 3 is 2.48 bits per heavy atom. The summed E-state index contributed by atoms with van der Waals surface area (Å²) in [6, 6.07) is 9.90. The van der Waals surface area contributed by atoms with Gasteiger partial charge in [-0.15, -0.1) is 0 Å². The van der Waals surface area contributed by atoms with Crippen molar-refractivity contribution in [2.24, 2.45) is 0 Å². The molecule has 23 heavy (non-hydrogen) atoms. The maximum Gasteiger partial charge on any atom is 0.371 e. The van der Waals surface area contributed by atoms with E-state index < -0.39 is 5.97 Å². The van der Waals surface area contributed by atoms with Gasteiger partial charge in [-0.3, -0.25) is 4.79 Å². The topological polar surface area (TPSA) is 80.0 Å². The number of amides is 1. The van der Waals surface area contributed by atoms with Gasteiger partial charge in [0.25, 0.3) is 5.91 Å². The number of aromatic carboxylic acids is 1. The quantitative estimate of drug-likeness (QED) is 0.933. The van der Waals surface area contributed by atoms with Crippen LogP contribution in [0.25, 0.3) is 0 Å². The van der Waals surface area contributed by atoms with Crippen molar-refractivity contribution in [2.75, 3.05) is 19.7 Å². The number of nitrogens with zero attached hydrogens (tertiary/aromatic N) is 1. The van der Waals surface area contributed by atoms with E-state index in [1.165, 1.54) is 12.1 Å². The van der Waals surface area contributed by atoms with Crippen LogP contribution in [0.5, 0.6) is 0 Å². The number of halogens is 1. The van der Waals surface area contributed by atoms with Crippen LogP contribution in [-0.2, 0) is 4.74 Å². The molecule has 1 aliphatic rings. The van der Waals surface area contributed by atoms with Crippen LogP contribution >= 0.6 is 11.6 Å². The molecule has 1 atom stereocenters. The molecule has 0 aliphatic carbocycles. The van der Waals surface area contributed by atoms with Crippen molar-refractivity contribution in [2.45, 2.75) is 6.10 Å². The summed E-state index contributed by atoms with van der Waals surface area (Å²) in [6.45, 7) is 1.18. The van der Waals surface area contributed by atoms with Crippen molar-refractivity contribution in [3.63, 3.8) is 0 Å². The molecular weight excluding hydrogens is 322 g/mol. The normalized spacial score (nSPS) is 18.0. The number of benzene rings is 1. The van der Waals surface area contributed by atoms with Gasteiger partial charge in [-0.1, -0.05) is 23.7 Å². The Morgan fingerprint density at radius 2 is 1.83 bits per heavy atom. The second-order valence-corrected chi connectivity index (χ2v) is 5.57. The first-order valence-corrected chi connectivity index (χ1v) is 7.42. The SMILES string of the molecule is O=C(O)c1ccc(C(=O)N2CCOC(c3ccc(Cl)cc3)C2)o1. The highest BCUT2D eigenvalue weighted by Crippen LogP contribution is 2.25. The predicted octanol–water partition coefficient (Wildman–Crippen LogP) is 2.84. The lowest BCUT2D eigenvalue weighted by Crippen LogP contribution is -2.42. The number of hydrogen-bond donors (Lipinski definition) is 1. The van der Waals surface area contributed by atoms with Crippen LogP contribution in [0.3, 0.4) is 0 Å². The molecule has 1 fully saturated rings. The molecule has 0 saturated carbocycles. The maximum atomic E-state index is 12.4. The fourth-order valence-corrected chi connectivity index (χ4v) is 2.56. The number of carbonyl (C=O) groups is 2. The summed E-state index contributed by atoms with van der Waals surface area (Å²) >= 11 is 5.87. The zero-order chi connectivity index (χ0) is 16.4. The molecule has 1 unspecified atom stereocenters. The number of carboxylic acids is 1. The van der Waals surface area contributed by atoms with Crippen LogP contribution in [0, 0.1) is 0 Å². The van der Waals surface area contributed by atoms with Gasteiger partial charge in [-0.2, -0.15) is 0 Å². The summed E-state index contributed by atoms with van der Waals surface area (Å²) in [5, 5.41) is 9.49. The zero-order valence-corrected chi connectivity index (χ0v) is 12.8. The molecule has 1 aromatic carbocycles. The minimum Gasteiger partial charge on any atom is -0.475 e. The molecule has 0 bridgehead atoms. The molecule has 1 aliphatic heterocycles. The third kappa shape index (κ3) is 3.38. The molecule has 7 heteroatoms. The zero-order valence-electron chi connectivity index (χ0n) is 12.1. The number of ether oxygens (including phenoxy) is 1. The van der Waals surface area contributed by atoms with Crippen LogP contribution in [0.1, 0.15) is 32.8 Å². The van der Waals surface area contributed by atoms with Crippen molar-refractivity contribution in [1.82, 2.24) is 4.90 Å². The van der Waals surface area contributed by atoms with Gasteiger partial charge in [0.1, 0.15) is 6.10 Å². The molecule has 1 amide bonds. The molecular formula is C16H14ClNO5. The Labute approximate surface area is 137 Å². The molecule has 1 N–H and O–H groups in total. The van der Waals surface area contributed by atoms with Crippen molar-refractivity contribution in [3.8, 4) is 0 Å². The first-order chi connectivity index (χ1) is 11.0. The lowest BCUT2D eigenvalue weighted by Gasteiger charge is -2.32. The molecule has 3 rings (SSSR count). The molecule has 1 aromatic heterocycles. The van der Waals surface area contributed by atoms with Crippen LogP contribution in [0.4, 0.5) is 0 Å². The monoisotopic (exact) mass is 335 g/mol. The third-order valence-electron chi connectivity index (χ3n) is 3.62. The fourth-order valence-electron chi connectivity index (χ4n) is 2.44. The Kier molecular flexibility index (Phi) is 4.36. The van der Waals surface area contributed by atoms with Gasteiger partial charge >= 0.3 is 5.97 Å². The van der Waals surface area contributed by atoms with Crippen LogP contribution in [0.15, 0.2) is 40.8 Å². The van der Waals surface area contributed by atoms with Crippen LogP contribution in [0.2, 0.25) is 5.02 Å². The highest BCUT2D eigenvalue weighted by molar-refractivity contribution is 6.30. The first-order valence-electron chi connectivity index (χ1n) is 7.04. The highest BCUT2D eigenvalue weighted by atomic mass is 35.5. The van der Waals surface area contributed by atoms with E-state index >= 15 is 0 Å². The molecule has 120 valence electrons. The van der Waals surface area contributed by atoms with E-state index in [9.17, 15) is 9.59 Å². The molecule has 6 nitrogen and oxygen atoms in total. The van der Waals surface area contributed by atoms with E-state index in [2.05, 4.69) is 0 Å². The van der Waals surface area contributed by atoms with Gasteiger partial charge in [-0.05, 0) is 29.8 Å².